The summed E-state index contributed by atoms with van der Waals surface area (Å²) in [6.45, 7) is 0. The first-order valence-electron chi connectivity index (χ1n) is 6.12. The molecule has 3 rings (SSSR count). The van der Waals surface area contributed by atoms with Crippen LogP contribution in [0.4, 0.5) is 0 Å². The highest BCUT2D eigenvalue weighted by Crippen LogP contribution is 2.61. The Morgan fingerprint density at radius 2 is 1.68 bits per heavy atom. The van der Waals surface area contributed by atoms with Gasteiger partial charge in [-0.2, -0.15) is 0 Å². The number of carbonyl (C=O) groups excluding carboxylic acids is 2. The Labute approximate surface area is 107 Å². The number of aliphatic carboxylic acids is 2. The second kappa shape index (κ2) is 3.79. The zero-order valence-electron chi connectivity index (χ0n) is 9.81. The monoisotopic (exact) mass is 268 g/mol. The van der Waals surface area contributed by atoms with Crippen molar-refractivity contribution in [2.75, 3.05) is 0 Å². The van der Waals surface area contributed by atoms with Crippen LogP contribution in [0.15, 0.2) is 0 Å². The van der Waals surface area contributed by atoms with Gasteiger partial charge in [-0.25, -0.2) is 0 Å². The molecule has 3 fully saturated rings. The number of fused-ring (bicyclic) bond motifs is 5. The molecule has 2 saturated carbocycles. The number of ether oxygens (including phenoxy) is 1. The van der Waals surface area contributed by atoms with E-state index < -0.39 is 53.5 Å². The Hall–Kier alpha value is -1.92. The molecular weight excluding hydrogens is 256 g/mol. The average molecular weight is 268 g/mol. The predicted molar refractivity (Wildman–Crippen MR) is 56.5 cm³/mol. The molecule has 6 unspecified atom stereocenters. The quantitative estimate of drug-likeness (QED) is 0.535. The fourth-order valence-electron chi connectivity index (χ4n) is 4.26. The summed E-state index contributed by atoms with van der Waals surface area (Å²) in [5.41, 5.74) is 0. The summed E-state index contributed by atoms with van der Waals surface area (Å²) >= 11 is 0. The van der Waals surface area contributed by atoms with Crippen LogP contribution in [0.3, 0.4) is 0 Å². The van der Waals surface area contributed by atoms with Crippen LogP contribution in [0.5, 0.6) is 0 Å². The molecule has 6 atom stereocenters. The molecule has 102 valence electrons. The molecule has 2 bridgehead atoms. The van der Waals surface area contributed by atoms with Gasteiger partial charge in [0, 0.05) is 6.42 Å². The lowest BCUT2D eigenvalue weighted by Crippen LogP contribution is -2.41. The van der Waals surface area contributed by atoms with E-state index in [0.29, 0.717) is 6.42 Å². The van der Waals surface area contributed by atoms with Crippen molar-refractivity contribution in [1.82, 2.24) is 0 Å². The first-order valence-corrected chi connectivity index (χ1v) is 6.12. The largest absolute Gasteiger partial charge is 0.481 e. The van der Waals surface area contributed by atoms with E-state index in [9.17, 15) is 24.3 Å². The van der Waals surface area contributed by atoms with Crippen molar-refractivity contribution >= 4 is 23.9 Å². The summed E-state index contributed by atoms with van der Waals surface area (Å²) in [5.74, 6) is -7.10. The van der Waals surface area contributed by atoms with Gasteiger partial charge in [-0.1, -0.05) is 0 Å². The van der Waals surface area contributed by atoms with Crippen molar-refractivity contribution in [2.45, 2.75) is 12.8 Å². The van der Waals surface area contributed by atoms with Crippen LogP contribution >= 0.6 is 0 Å². The minimum Gasteiger partial charge on any atom is -0.481 e. The van der Waals surface area contributed by atoms with E-state index in [0.717, 1.165) is 0 Å². The van der Waals surface area contributed by atoms with Crippen molar-refractivity contribution in [2.24, 2.45) is 35.5 Å². The highest BCUT2D eigenvalue weighted by atomic mass is 16.6. The molecule has 0 spiro atoms. The van der Waals surface area contributed by atoms with E-state index >= 15 is 0 Å². The molecule has 0 aromatic rings. The Bertz CT molecular complexity index is 496. The molecule has 3 aliphatic rings. The van der Waals surface area contributed by atoms with Gasteiger partial charge in [0.25, 0.3) is 0 Å². The second-order valence-corrected chi connectivity index (χ2v) is 5.48. The molecule has 1 aliphatic heterocycles. The highest BCUT2D eigenvalue weighted by Gasteiger charge is 2.68. The first-order chi connectivity index (χ1) is 8.91. The van der Waals surface area contributed by atoms with E-state index in [4.69, 9.17) is 5.11 Å². The predicted octanol–water partition coefficient (Wildman–Crippen LogP) is -0.256. The van der Waals surface area contributed by atoms with Crippen molar-refractivity contribution in [1.29, 1.82) is 0 Å². The van der Waals surface area contributed by atoms with Crippen LogP contribution in [-0.4, -0.2) is 34.1 Å². The van der Waals surface area contributed by atoms with Crippen LogP contribution in [0.2, 0.25) is 0 Å². The molecule has 1 heterocycles. The number of cyclic esters (lactones) is 2. The Morgan fingerprint density at radius 3 is 2.21 bits per heavy atom. The van der Waals surface area contributed by atoms with Crippen molar-refractivity contribution in [3.8, 4) is 0 Å². The molecule has 19 heavy (non-hydrogen) atoms. The average Bonchev–Trinajstić information content (AvgIpc) is 2.89. The van der Waals surface area contributed by atoms with E-state index in [1.165, 1.54) is 0 Å². The molecule has 0 aromatic carbocycles. The Balaban J connectivity index is 1.96. The summed E-state index contributed by atoms with van der Waals surface area (Å²) in [4.78, 5) is 45.4. The fourth-order valence-corrected chi connectivity index (χ4v) is 4.26. The number of esters is 2. The molecule has 0 aromatic heterocycles. The molecule has 2 aliphatic carbocycles. The van der Waals surface area contributed by atoms with Crippen LogP contribution in [0.25, 0.3) is 0 Å². The van der Waals surface area contributed by atoms with Gasteiger partial charge in [-0.05, 0) is 24.2 Å². The molecular formula is C12H12O7. The smallest absolute Gasteiger partial charge is 0.317 e. The Morgan fingerprint density at radius 1 is 1.11 bits per heavy atom. The van der Waals surface area contributed by atoms with Gasteiger partial charge >= 0.3 is 23.9 Å². The fraction of sp³-hybridized carbons (Fsp3) is 0.667. The first kappa shape index (κ1) is 12.1. The van der Waals surface area contributed by atoms with Crippen LogP contribution < -0.4 is 0 Å². The molecule has 1 saturated heterocycles. The van der Waals surface area contributed by atoms with Gasteiger partial charge < -0.3 is 14.9 Å². The topological polar surface area (TPSA) is 118 Å². The zero-order chi connectivity index (χ0) is 13.9. The SMILES string of the molecule is O=C(O)CC1C2CC(C1C(=O)O)C1C(=O)OC(=O)C21. The van der Waals surface area contributed by atoms with E-state index in [2.05, 4.69) is 4.74 Å². The number of rotatable bonds is 3. The summed E-state index contributed by atoms with van der Waals surface area (Å²) in [5, 5.41) is 18.1. The number of carboxylic acids is 2. The second-order valence-electron chi connectivity index (χ2n) is 5.48. The third-order valence-corrected chi connectivity index (χ3v) is 4.77. The van der Waals surface area contributed by atoms with E-state index in [1.54, 1.807) is 0 Å². The normalized spacial score (nSPS) is 43.2. The zero-order valence-corrected chi connectivity index (χ0v) is 9.81. The number of hydrogen-bond acceptors (Lipinski definition) is 5. The molecule has 7 nitrogen and oxygen atoms in total. The highest BCUT2D eigenvalue weighted by molar-refractivity contribution is 5.98. The van der Waals surface area contributed by atoms with Gasteiger partial charge in [-0.3, -0.25) is 19.2 Å². The maximum atomic E-state index is 11.6. The molecule has 7 heteroatoms. The standard InChI is InChI=1S/C12H12O7/c13-6(14)2-4-3-1-5(7(4)10(15)16)9-8(3)11(17)19-12(9)18/h3-5,7-9H,1-2H2,(H,13,14)(H,15,16). The van der Waals surface area contributed by atoms with Gasteiger partial charge in [0.15, 0.2) is 0 Å². The van der Waals surface area contributed by atoms with E-state index in [-0.39, 0.29) is 12.3 Å². The minimum absolute atomic E-state index is 0.289. The van der Waals surface area contributed by atoms with Crippen molar-refractivity contribution in [3.05, 3.63) is 0 Å². The number of carbonyl (C=O) groups is 4. The number of carboxylic acid groups (broad SMARTS) is 2. The van der Waals surface area contributed by atoms with Crippen molar-refractivity contribution in [3.63, 3.8) is 0 Å². The lowest BCUT2D eigenvalue weighted by Gasteiger charge is -2.31. The molecule has 0 radical (unpaired) electrons. The van der Waals surface area contributed by atoms with Gasteiger partial charge in [0.05, 0.1) is 17.8 Å². The third kappa shape index (κ3) is 1.50. The lowest BCUT2D eigenvalue weighted by molar-refractivity contribution is -0.155. The van der Waals surface area contributed by atoms with Gasteiger partial charge in [0.1, 0.15) is 0 Å². The maximum Gasteiger partial charge on any atom is 0.317 e. The summed E-state index contributed by atoms with van der Waals surface area (Å²) < 4.78 is 4.57. The molecule has 0 amide bonds. The summed E-state index contributed by atoms with van der Waals surface area (Å²) in [6, 6.07) is 0. The maximum absolute atomic E-state index is 11.6. The van der Waals surface area contributed by atoms with Crippen LogP contribution in [0, 0.1) is 35.5 Å². The lowest BCUT2D eigenvalue weighted by atomic mass is 9.68. The van der Waals surface area contributed by atoms with Crippen LogP contribution in [-0.2, 0) is 23.9 Å². The van der Waals surface area contributed by atoms with Gasteiger partial charge in [0.2, 0.25) is 0 Å². The summed E-state index contributed by atoms with van der Waals surface area (Å²) in [7, 11) is 0. The van der Waals surface area contributed by atoms with Crippen molar-refractivity contribution < 1.29 is 34.1 Å². The summed E-state index contributed by atoms with van der Waals surface area (Å²) in [6.07, 6.45) is 0.133. The van der Waals surface area contributed by atoms with Gasteiger partial charge in [-0.15, -0.1) is 0 Å². The number of hydrogen-bond donors (Lipinski definition) is 2. The minimum atomic E-state index is -1.09. The van der Waals surface area contributed by atoms with Crippen LogP contribution in [0.1, 0.15) is 12.8 Å². The third-order valence-electron chi connectivity index (χ3n) is 4.77. The molecule has 2 N–H and O–H groups in total. The van der Waals surface area contributed by atoms with E-state index in [1.807, 2.05) is 0 Å². The Kier molecular flexibility index (Phi) is 2.42.